The SMILES string of the molecule is C[Si]1(CC2CC3C=CC2C3)OCC(c2ccccc2)CO1. The van der Waals surface area contributed by atoms with Crippen molar-refractivity contribution in [3.8, 4) is 0 Å². The van der Waals surface area contributed by atoms with Gasteiger partial charge in [0.15, 0.2) is 0 Å². The van der Waals surface area contributed by atoms with Gasteiger partial charge in [0.05, 0.1) is 0 Å². The predicted octanol–water partition coefficient (Wildman–Crippen LogP) is 4.10. The molecule has 1 heterocycles. The molecule has 1 saturated carbocycles. The lowest BCUT2D eigenvalue weighted by Crippen LogP contribution is -2.47. The van der Waals surface area contributed by atoms with Gasteiger partial charge >= 0.3 is 8.56 Å². The summed E-state index contributed by atoms with van der Waals surface area (Å²) < 4.78 is 12.6. The minimum Gasteiger partial charge on any atom is -0.394 e. The third kappa shape index (κ3) is 2.74. The van der Waals surface area contributed by atoms with E-state index >= 15 is 0 Å². The first kappa shape index (κ1) is 13.7. The lowest BCUT2D eigenvalue weighted by atomic mass is 9.96. The van der Waals surface area contributed by atoms with Crippen molar-refractivity contribution in [2.24, 2.45) is 17.8 Å². The lowest BCUT2D eigenvalue weighted by molar-refractivity contribution is 0.0888. The van der Waals surface area contributed by atoms with E-state index in [-0.39, 0.29) is 0 Å². The van der Waals surface area contributed by atoms with Crippen LogP contribution in [-0.4, -0.2) is 21.8 Å². The highest BCUT2D eigenvalue weighted by Crippen LogP contribution is 2.47. The van der Waals surface area contributed by atoms with Gasteiger partial charge in [-0.15, -0.1) is 0 Å². The molecule has 3 aliphatic rings. The van der Waals surface area contributed by atoms with Crippen LogP contribution >= 0.6 is 0 Å². The predicted molar refractivity (Wildman–Crippen MR) is 86.4 cm³/mol. The molecule has 3 unspecified atom stereocenters. The average Bonchev–Trinajstić information content (AvgIpc) is 3.11. The summed E-state index contributed by atoms with van der Waals surface area (Å²) in [5.74, 6) is 2.87. The van der Waals surface area contributed by atoms with Crippen LogP contribution in [0.15, 0.2) is 42.5 Å². The molecule has 2 nitrogen and oxygen atoms in total. The number of rotatable bonds is 3. The fraction of sp³-hybridized carbons (Fsp3) is 0.556. The van der Waals surface area contributed by atoms with E-state index in [1.807, 2.05) is 0 Å². The smallest absolute Gasteiger partial charge is 0.335 e. The molecule has 2 aliphatic carbocycles. The van der Waals surface area contributed by atoms with E-state index < -0.39 is 8.56 Å². The van der Waals surface area contributed by atoms with Gasteiger partial charge in [0.1, 0.15) is 0 Å². The number of benzene rings is 1. The summed E-state index contributed by atoms with van der Waals surface area (Å²) in [6.07, 6.45) is 7.59. The zero-order valence-electron chi connectivity index (χ0n) is 12.7. The Morgan fingerprint density at radius 3 is 2.43 bits per heavy atom. The first-order valence-corrected chi connectivity index (χ1v) is 10.8. The van der Waals surface area contributed by atoms with Crippen molar-refractivity contribution in [2.75, 3.05) is 13.2 Å². The van der Waals surface area contributed by atoms with Crippen molar-refractivity contribution in [1.29, 1.82) is 0 Å². The molecule has 1 aliphatic heterocycles. The summed E-state index contributed by atoms with van der Waals surface area (Å²) in [4.78, 5) is 0. The Kier molecular flexibility index (Phi) is 3.52. The molecule has 1 aromatic carbocycles. The van der Waals surface area contributed by atoms with Crippen LogP contribution in [0.5, 0.6) is 0 Å². The van der Waals surface area contributed by atoms with Gasteiger partial charge in [0, 0.05) is 19.1 Å². The first-order valence-electron chi connectivity index (χ1n) is 8.23. The second-order valence-corrected chi connectivity index (χ2v) is 10.4. The lowest BCUT2D eigenvalue weighted by Gasteiger charge is -2.38. The molecule has 1 aromatic rings. The Hall–Kier alpha value is -0.903. The maximum atomic E-state index is 6.29. The fourth-order valence-corrected chi connectivity index (χ4v) is 7.13. The highest BCUT2D eigenvalue weighted by molar-refractivity contribution is 6.66. The average molecular weight is 300 g/mol. The van der Waals surface area contributed by atoms with Crippen molar-refractivity contribution in [3.63, 3.8) is 0 Å². The van der Waals surface area contributed by atoms with Crippen LogP contribution < -0.4 is 0 Å². The molecule has 4 rings (SSSR count). The summed E-state index contributed by atoms with van der Waals surface area (Å²) in [7, 11) is -1.95. The maximum Gasteiger partial charge on any atom is 0.335 e. The largest absolute Gasteiger partial charge is 0.394 e. The van der Waals surface area contributed by atoms with Gasteiger partial charge in [-0.2, -0.15) is 0 Å². The van der Waals surface area contributed by atoms with Crippen LogP contribution in [-0.2, 0) is 8.85 Å². The Bertz CT molecular complexity index is 519. The van der Waals surface area contributed by atoms with Crippen molar-refractivity contribution in [1.82, 2.24) is 0 Å². The Morgan fingerprint density at radius 1 is 1.05 bits per heavy atom. The number of hydrogen-bond acceptors (Lipinski definition) is 2. The molecule has 2 bridgehead atoms. The van der Waals surface area contributed by atoms with Crippen LogP contribution in [0.1, 0.15) is 24.3 Å². The molecule has 112 valence electrons. The second-order valence-electron chi connectivity index (χ2n) is 7.11. The molecule has 1 saturated heterocycles. The molecule has 0 radical (unpaired) electrons. The van der Waals surface area contributed by atoms with Crippen molar-refractivity contribution in [2.45, 2.75) is 31.4 Å². The molecule has 0 N–H and O–H groups in total. The minimum atomic E-state index is -1.95. The molecule has 0 aromatic heterocycles. The van der Waals surface area contributed by atoms with Crippen molar-refractivity contribution in [3.05, 3.63) is 48.0 Å². The second kappa shape index (κ2) is 5.38. The molecule has 2 fully saturated rings. The van der Waals surface area contributed by atoms with E-state index in [0.29, 0.717) is 5.92 Å². The molecule has 0 amide bonds. The highest BCUT2D eigenvalue weighted by Gasteiger charge is 2.45. The number of hydrogen-bond donors (Lipinski definition) is 0. The van der Waals surface area contributed by atoms with Crippen LogP contribution in [0.25, 0.3) is 0 Å². The maximum absolute atomic E-state index is 6.29. The Labute approximate surface area is 128 Å². The molecule has 0 spiro atoms. The summed E-state index contributed by atoms with van der Waals surface area (Å²) in [5.41, 5.74) is 1.34. The van der Waals surface area contributed by atoms with E-state index in [1.165, 1.54) is 24.4 Å². The normalized spacial score (nSPS) is 41.6. The first-order chi connectivity index (χ1) is 10.2. The van der Waals surface area contributed by atoms with Crippen LogP contribution in [0.2, 0.25) is 12.6 Å². The van der Waals surface area contributed by atoms with Gasteiger partial charge in [-0.1, -0.05) is 42.5 Å². The Morgan fingerprint density at radius 2 is 1.81 bits per heavy atom. The quantitative estimate of drug-likeness (QED) is 0.618. The zero-order chi connectivity index (χ0) is 14.3. The van der Waals surface area contributed by atoms with Crippen molar-refractivity contribution < 1.29 is 8.85 Å². The topological polar surface area (TPSA) is 18.5 Å². The fourth-order valence-electron chi connectivity index (χ4n) is 4.28. The molecule has 21 heavy (non-hydrogen) atoms. The summed E-state index contributed by atoms with van der Waals surface area (Å²) in [6, 6.07) is 11.8. The van der Waals surface area contributed by atoms with Gasteiger partial charge in [0.25, 0.3) is 0 Å². The molecule has 3 atom stereocenters. The van der Waals surface area contributed by atoms with Gasteiger partial charge in [-0.3, -0.25) is 0 Å². The van der Waals surface area contributed by atoms with Gasteiger partial charge in [0.2, 0.25) is 0 Å². The molecular formula is C18H24O2Si. The summed E-state index contributed by atoms with van der Waals surface area (Å²) >= 11 is 0. The summed E-state index contributed by atoms with van der Waals surface area (Å²) in [5, 5.41) is 0. The van der Waals surface area contributed by atoms with E-state index in [0.717, 1.165) is 31.0 Å². The molecular weight excluding hydrogens is 276 g/mol. The number of fused-ring (bicyclic) bond motifs is 2. The van der Waals surface area contributed by atoms with Crippen molar-refractivity contribution >= 4 is 8.56 Å². The third-order valence-electron chi connectivity index (χ3n) is 5.50. The number of allylic oxidation sites excluding steroid dienone is 2. The van der Waals surface area contributed by atoms with E-state index in [1.54, 1.807) is 0 Å². The van der Waals surface area contributed by atoms with Crippen LogP contribution in [0.3, 0.4) is 0 Å². The van der Waals surface area contributed by atoms with E-state index in [4.69, 9.17) is 8.85 Å². The zero-order valence-corrected chi connectivity index (χ0v) is 13.7. The highest BCUT2D eigenvalue weighted by atomic mass is 28.4. The summed E-state index contributed by atoms with van der Waals surface area (Å²) in [6.45, 7) is 3.94. The van der Waals surface area contributed by atoms with Crippen LogP contribution in [0.4, 0.5) is 0 Å². The van der Waals surface area contributed by atoms with Gasteiger partial charge in [-0.05, 0) is 48.7 Å². The van der Waals surface area contributed by atoms with Gasteiger partial charge < -0.3 is 8.85 Å². The molecule has 3 heteroatoms. The van der Waals surface area contributed by atoms with E-state index in [9.17, 15) is 0 Å². The minimum absolute atomic E-state index is 0.409. The van der Waals surface area contributed by atoms with Gasteiger partial charge in [-0.25, -0.2) is 0 Å². The third-order valence-corrected chi connectivity index (χ3v) is 8.32. The van der Waals surface area contributed by atoms with E-state index in [2.05, 4.69) is 49.0 Å². The Balaban J connectivity index is 1.37. The van der Waals surface area contributed by atoms with Crippen LogP contribution in [0, 0.1) is 17.8 Å². The monoisotopic (exact) mass is 300 g/mol. The standard InChI is InChI=1S/C18H24O2Si/c1-21(13-17-10-14-7-8-16(17)9-14)19-11-18(12-20-21)15-5-3-2-4-6-15/h2-8,14,16-18H,9-13H2,1H3.